The van der Waals surface area contributed by atoms with Gasteiger partial charge in [0.2, 0.25) is 5.91 Å². The van der Waals surface area contributed by atoms with Crippen molar-refractivity contribution in [1.29, 1.82) is 0 Å². The zero-order valence-electron chi connectivity index (χ0n) is 20.9. The Morgan fingerprint density at radius 3 is 2.53 bits per heavy atom. The molecule has 1 N–H and O–H groups in total. The van der Waals surface area contributed by atoms with E-state index in [9.17, 15) is 4.79 Å². The van der Waals surface area contributed by atoms with E-state index in [4.69, 9.17) is 9.47 Å². The van der Waals surface area contributed by atoms with Crippen LogP contribution in [0.5, 0.6) is 11.5 Å². The summed E-state index contributed by atoms with van der Waals surface area (Å²) in [6, 6.07) is 23.3. The van der Waals surface area contributed by atoms with Gasteiger partial charge >= 0.3 is 0 Å². The van der Waals surface area contributed by atoms with Gasteiger partial charge in [0.1, 0.15) is 11.5 Å². The van der Waals surface area contributed by atoms with E-state index in [1.807, 2.05) is 91.2 Å². The first-order valence-electron chi connectivity index (χ1n) is 11.8. The number of ether oxygens (including phenoxy) is 2. The van der Waals surface area contributed by atoms with Crippen LogP contribution in [0.15, 0.2) is 78.0 Å². The number of amides is 1. The second kappa shape index (κ2) is 11.8. The van der Waals surface area contributed by atoms with E-state index in [1.165, 1.54) is 11.8 Å². The monoisotopic (exact) mass is 502 g/mol. The standard InChI is InChI=1S/C28H30N4O3S/c1-5-21-12-9-11-19(2)26(21)29-25(33)18-36-28-31-30-27(32(28)22-13-7-6-8-14-22)20(3)35-24-16-10-15-23(17-24)34-4/h6-17,20H,5,18H2,1-4H3,(H,29,33). The Morgan fingerprint density at radius 2 is 1.78 bits per heavy atom. The Balaban J connectivity index is 1.55. The lowest BCUT2D eigenvalue weighted by Crippen LogP contribution is -2.17. The molecule has 0 aliphatic heterocycles. The molecule has 0 radical (unpaired) electrons. The highest BCUT2D eigenvalue weighted by molar-refractivity contribution is 7.99. The number of rotatable bonds is 10. The summed E-state index contributed by atoms with van der Waals surface area (Å²) in [5.41, 5.74) is 3.95. The molecule has 4 rings (SSSR count). The van der Waals surface area contributed by atoms with Crippen LogP contribution in [0.1, 0.15) is 36.9 Å². The SMILES string of the molecule is CCc1cccc(C)c1NC(=O)CSc1nnc(C(C)Oc2cccc(OC)c2)n1-c1ccccc1. The lowest BCUT2D eigenvalue weighted by atomic mass is 10.1. The van der Waals surface area contributed by atoms with Crippen molar-refractivity contribution in [1.82, 2.24) is 14.8 Å². The van der Waals surface area contributed by atoms with Gasteiger partial charge < -0.3 is 14.8 Å². The molecule has 1 heterocycles. The number of thioether (sulfide) groups is 1. The fourth-order valence-electron chi connectivity index (χ4n) is 3.90. The summed E-state index contributed by atoms with van der Waals surface area (Å²) >= 11 is 1.34. The van der Waals surface area contributed by atoms with Crippen molar-refractivity contribution in [3.63, 3.8) is 0 Å². The molecule has 7 nitrogen and oxygen atoms in total. The minimum absolute atomic E-state index is 0.0890. The van der Waals surface area contributed by atoms with Crippen molar-refractivity contribution in [2.75, 3.05) is 18.2 Å². The number of hydrogen-bond acceptors (Lipinski definition) is 6. The Labute approximate surface area is 215 Å². The van der Waals surface area contributed by atoms with Gasteiger partial charge in [0, 0.05) is 17.4 Å². The van der Waals surface area contributed by atoms with Crippen LogP contribution in [0.4, 0.5) is 5.69 Å². The largest absolute Gasteiger partial charge is 0.497 e. The van der Waals surface area contributed by atoms with Gasteiger partial charge in [-0.1, -0.05) is 61.2 Å². The molecule has 1 amide bonds. The summed E-state index contributed by atoms with van der Waals surface area (Å²) < 4.78 is 13.4. The molecule has 1 aromatic heterocycles. The second-order valence-electron chi connectivity index (χ2n) is 8.25. The minimum atomic E-state index is -0.396. The summed E-state index contributed by atoms with van der Waals surface area (Å²) in [6.45, 7) is 6.01. The third-order valence-corrected chi connectivity index (χ3v) is 6.66. The summed E-state index contributed by atoms with van der Waals surface area (Å²) in [4.78, 5) is 12.9. The molecule has 1 atom stereocenters. The van der Waals surface area contributed by atoms with Gasteiger partial charge in [-0.15, -0.1) is 10.2 Å². The van der Waals surface area contributed by atoms with Gasteiger partial charge in [-0.2, -0.15) is 0 Å². The number of nitrogens with zero attached hydrogens (tertiary/aromatic N) is 3. The lowest BCUT2D eigenvalue weighted by Gasteiger charge is -2.17. The Hall–Kier alpha value is -3.78. The third-order valence-electron chi connectivity index (χ3n) is 5.73. The molecule has 3 aromatic carbocycles. The fourth-order valence-corrected chi connectivity index (χ4v) is 4.66. The maximum Gasteiger partial charge on any atom is 0.234 e. The number of aromatic nitrogens is 3. The summed E-state index contributed by atoms with van der Waals surface area (Å²) in [6.07, 6.45) is 0.452. The number of carbonyl (C=O) groups is 1. The first-order chi connectivity index (χ1) is 17.5. The van der Waals surface area contributed by atoms with Gasteiger partial charge in [-0.25, -0.2) is 0 Å². The highest BCUT2D eigenvalue weighted by Gasteiger charge is 2.22. The first kappa shape index (κ1) is 25.3. The number of nitrogens with one attached hydrogen (secondary N) is 1. The number of anilines is 1. The molecule has 36 heavy (non-hydrogen) atoms. The summed E-state index contributed by atoms with van der Waals surface area (Å²) in [5, 5.41) is 12.5. The number of carbonyl (C=O) groups excluding carboxylic acids is 1. The lowest BCUT2D eigenvalue weighted by molar-refractivity contribution is -0.113. The highest BCUT2D eigenvalue weighted by atomic mass is 32.2. The zero-order valence-corrected chi connectivity index (χ0v) is 21.7. The van der Waals surface area contributed by atoms with E-state index >= 15 is 0 Å². The Kier molecular flexibility index (Phi) is 8.28. The number of benzene rings is 3. The van der Waals surface area contributed by atoms with Crippen molar-refractivity contribution in [3.8, 4) is 17.2 Å². The van der Waals surface area contributed by atoms with Crippen molar-refractivity contribution >= 4 is 23.4 Å². The highest BCUT2D eigenvalue weighted by Crippen LogP contribution is 2.29. The van der Waals surface area contributed by atoms with Crippen LogP contribution in [0.25, 0.3) is 5.69 Å². The molecule has 0 saturated heterocycles. The zero-order chi connectivity index (χ0) is 25.5. The van der Waals surface area contributed by atoms with E-state index in [2.05, 4.69) is 22.4 Å². The molecule has 0 fully saturated rings. The average molecular weight is 503 g/mol. The fraction of sp³-hybridized carbons (Fsp3) is 0.250. The van der Waals surface area contributed by atoms with E-state index in [-0.39, 0.29) is 11.7 Å². The van der Waals surface area contributed by atoms with Crippen LogP contribution >= 0.6 is 11.8 Å². The maximum atomic E-state index is 12.9. The van der Waals surface area contributed by atoms with Crippen molar-refractivity contribution < 1.29 is 14.3 Å². The quantitative estimate of drug-likeness (QED) is 0.267. The molecular formula is C28H30N4O3S. The molecule has 0 spiro atoms. The van der Waals surface area contributed by atoms with Crippen LogP contribution in [-0.4, -0.2) is 33.5 Å². The van der Waals surface area contributed by atoms with Gasteiger partial charge in [0.25, 0.3) is 0 Å². The Morgan fingerprint density at radius 1 is 1.03 bits per heavy atom. The molecule has 1 unspecified atom stereocenters. The number of methoxy groups -OCH3 is 1. The molecule has 4 aromatic rings. The van der Waals surface area contributed by atoms with Crippen LogP contribution in [0.2, 0.25) is 0 Å². The van der Waals surface area contributed by atoms with E-state index in [0.29, 0.717) is 22.5 Å². The molecule has 8 heteroatoms. The normalized spacial score (nSPS) is 11.7. The minimum Gasteiger partial charge on any atom is -0.497 e. The van der Waals surface area contributed by atoms with E-state index in [0.717, 1.165) is 28.9 Å². The topological polar surface area (TPSA) is 78.3 Å². The molecule has 0 saturated carbocycles. The molecule has 0 aliphatic rings. The van der Waals surface area contributed by atoms with Crippen LogP contribution < -0.4 is 14.8 Å². The first-order valence-corrected chi connectivity index (χ1v) is 12.8. The molecule has 0 aliphatic carbocycles. The predicted octanol–water partition coefficient (Wildman–Crippen LogP) is 6.02. The van der Waals surface area contributed by atoms with Gasteiger partial charge in [0.15, 0.2) is 17.1 Å². The van der Waals surface area contributed by atoms with Gasteiger partial charge in [-0.05, 0) is 55.7 Å². The van der Waals surface area contributed by atoms with Crippen LogP contribution in [0.3, 0.4) is 0 Å². The smallest absolute Gasteiger partial charge is 0.234 e. The summed E-state index contributed by atoms with van der Waals surface area (Å²) in [5.74, 6) is 2.13. The van der Waals surface area contributed by atoms with Crippen molar-refractivity contribution in [3.05, 3.63) is 89.7 Å². The van der Waals surface area contributed by atoms with Gasteiger partial charge in [0.05, 0.1) is 12.9 Å². The number of aryl methyl sites for hydroxylation is 2. The molecule has 0 bridgehead atoms. The maximum absolute atomic E-state index is 12.9. The Bertz CT molecular complexity index is 1320. The van der Waals surface area contributed by atoms with Crippen LogP contribution in [-0.2, 0) is 11.2 Å². The third kappa shape index (κ3) is 5.88. The van der Waals surface area contributed by atoms with Gasteiger partial charge in [-0.3, -0.25) is 9.36 Å². The van der Waals surface area contributed by atoms with E-state index < -0.39 is 6.10 Å². The number of hydrogen-bond donors (Lipinski definition) is 1. The van der Waals surface area contributed by atoms with Crippen LogP contribution in [0, 0.1) is 6.92 Å². The van der Waals surface area contributed by atoms with Crippen molar-refractivity contribution in [2.24, 2.45) is 0 Å². The second-order valence-corrected chi connectivity index (χ2v) is 9.19. The summed E-state index contributed by atoms with van der Waals surface area (Å²) in [7, 11) is 1.62. The molecule has 186 valence electrons. The number of para-hydroxylation sites is 2. The van der Waals surface area contributed by atoms with E-state index in [1.54, 1.807) is 7.11 Å². The van der Waals surface area contributed by atoms with Crippen molar-refractivity contribution in [2.45, 2.75) is 38.5 Å². The average Bonchev–Trinajstić information content (AvgIpc) is 3.33. The predicted molar refractivity (Wildman–Crippen MR) is 143 cm³/mol. The molecular weight excluding hydrogens is 472 g/mol.